The smallest absolute Gasteiger partial charge is 0.126 e. The summed E-state index contributed by atoms with van der Waals surface area (Å²) in [4.78, 5) is 0. The molecule has 0 radical (unpaired) electrons. The molecule has 0 unspecified atom stereocenters. The van der Waals surface area contributed by atoms with Crippen LogP contribution in [0.5, 0.6) is 5.75 Å². The van der Waals surface area contributed by atoms with E-state index in [9.17, 15) is 0 Å². The molecular weight excluding hydrogens is 260 g/mol. The van der Waals surface area contributed by atoms with Gasteiger partial charge in [-0.3, -0.25) is 0 Å². The molecule has 0 saturated carbocycles. The van der Waals surface area contributed by atoms with Crippen LogP contribution in [-0.4, -0.2) is 18.3 Å². The summed E-state index contributed by atoms with van der Waals surface area (Å²) in [5.74, 6) is 1.08. The molecule has 1 N–H and O–H groups in total. The molecule has 0 fully saturated rings. The van der Waals surface area contributed by atoms with Crippen LogP contribution in [0.4, 0.5) is 0 Å². The average Bonchev–Trinajstić information content (AvgIpc) is 2.64. The predicted molar refractivity (Wildman–Crippen MR) is 88.9 cm³/mol. The molecule has 1 aliphatic rings. The molecule has 116 valence electrons. The lowest BCUT2D eigenvalue weighted by Crippen LogP contribution is -2.18. The molecule has 0 amide bonds. The van der Waals surface area contributed by atoms with Gasteiger partial charge in [0.1, 0.15) is 5.75 Å². The summed E-state index contributed by atoms with van der Waals surface area (Å²) in [6.07, 6.45) is 2.86. The highest BCUT2D eigenvalue weighted by Gasteiger charge is 2.34. The van der Waals surface area contributed by atoms with Gasteiger partial charge in [0.05, 0.1) is 13.2 Å². The molecule has 2 heteroatoms. The number of allylic oxidation sites excluding steroid dienone is 1. The van der Waals surface area contributed by atoms with Gasteiger partial charge >= 0.3 is 0 Å². The Hall–Kier alpha value is -1.28. The Balaban J connectivity index is 2.57. The number of ether oxygens (including phenoxy) is 1. The van der Waals surface area contributed by atoms with Crippen LogP contribution in [0.25, 0.3) is 5.57 Å². The first kappa shape index (κ1) is 16.1. The number of hydrogen-bond donors (Lipinski definition) is 1. The zero-order valence-electron chi connectivity index (χ0n) is 14.2. The van der Waals surface area contributed by atoms with E-state index in [2.05, 4.69) is 53.7 Å². The number of fused-ring (bicyclic) bond motifs is 1. The lowest BCUT2D eigenvalue weighted by molar-refractivity contribution is 0.286. The van der Waals surface area contributed by atoms with Crippen LogP contribution in [-0.2, 0) is 11.8 Å². The first-order valence-electron chi connectivity index (χ1n) is 7.72. The molecule has 0 aromatic heterocycles. The van der Waals surface area contributed by atoms with E-state index < -0.39 is 0 Å². The molecule has 0 bridgehead atoms. The highest BCUT2D eigenvalue weighted by atomic mass is 16.5. The molecule has 1 aromatic carbocycles. The third kappa shape index (κ3) is 3.49. The van der Waals surface area contributed by atoms with Gasteiger partial charge in [0.15, 0.2) is 0 Å². The first-order valence-corrected chi connectivity index (χ1v) is 7.72. The topological polar surface area (TPSA) is 29.5 Å². The first-order chi connectivity index (χ1) is 9.64. The molecule has 1 aromatic rings. The van der Waals surface area contributed by atoms with Crippen molar-refractivity contribution in [1.29, 1.82) is 0 Å². The van der Waals surface area contributed by atoms with Gasteiger partial charge in [-0.15, -0.1) is 0 Å². The second-order valence-corrected chi connectivity index (χ2v) is 7.99. The maximum Gasteiger partial charge on any atom is 0.126 e. The predicted octanol–water partition coefficient (Wildman–Crippen LogP) is 4.34. The van der Waals surface area contributed by atoms with Crippen LogP contribution in [0.2, 0.25) is 0 Å². The monoisotopic (exact) mass is 288 g/mol. The fourth-order valence-corrected chi connectivity index (χ4v) is 2.88. The average molecular weight is 288 g/mol. The maximum absolute atomic E-state index is 9.15. The van der Waals surface area contributed by atoms with Gasteiger partial charge in [0, 0.05) is 11.0 Å². The summed E-state index contributed by atoms with van der Waals surface area (Å²) >= 11 is 0. The second kappa shape index (κ2) is 5.49. The Labute approximate surface area is 128 Å². The molecule has 21 heavy (non-hydrogen) atoms. The van der Waals surface area contributed by atoms with Crippen molar-refractivity contribution in [1.82, 2.24) is 0 Å². The van der Waals surface area contributed by atoms with Crippen molar-refractivity contribution in [2.45, 2.75) is 53.4 Å². The van der Waals surface area contributed by atoms with Crippen LogP contribution in [0.3, 0.4) is 0 Å². The third-order valence-electron chi connectivity index (χ3n) is 4.05. The van der Waals surface area contributed by atoms with Crippen molar-refractivity contribution in [2.75, 3.05) is 13.2 Å². The van der Waals surface area contributed by atoms with E-state index in [1.807, 2.05) is 6.08 Å². The minimum absolute atomic E-state index is 0.0530. The fraction of sp³-hybridized carbons (Fsp3) is 0.579. The zero-order valence-corrected chi connectivity index (χ0v) is 14.2. The van der Waals surface area contributed by atoms with Crippen LogP contribution < -0.4 is 4.74 Å². The van der Waals surface area contributed by atoms with Crippen molar-refractivity contribution in [3.8, 4) is 5.75 Å². The van der Waals surface area contributed by atoms with Gasteiger partial charge in [0.25, 0.3) is 0 Å². The second-order valence-electron chi connectivity index (χ2n) is 7.99. The molecule has 0 saturated heterocycles. The Morgan fingerprint density at radius 3 is 2.57 bits per heavy atom. The largest absolute Gasteiger partial charge is 0.492 e. The summed E-state index contributed by atoms with van der Waals surface area (Å²) in [5.41, 5.74) is 5.17. The molecule has 1 aliphatic heterocycles. The SMILES string of the molecule is C/C(=C/CO)c1cc(CC(C)(C)C)c2c(c1)C(C)(C)CO2. The van der Waals surface area contributed by atoms with E-state index in [4.69, 9.17) is 9.84 Å². The van der Waals surface area contributed by atoms with Gasteiger partial charge in [0.2, 0.25) is 0 Å². The van der Waals surface area contributed by atoms with Crippen LogP contribution in [0.15, 0.2) is 18.2 Å². The number of rotatable bonds is 3. The van der Waals surface area contributed by atoms with E-state index in [1.165, 1.54) is 16.7 Å². The van der Waals surface area contributed by atoms with Crippen LogP contribution in [0.1, 0.15) is 58.2 Å². The lowest BCUT2D eigenvalue weighted by Gasteiger charge is -2.22. The van der Waals surface area contributed by atoms with Gasteiger partial charge in [-0.1, -0.05) is 40.7 Å². The molecular formula is C19H28O2. The molecule has 2 nitrogen and oxygen atoms in total. The van der Waals surface area contributed by atoms with Crippen molar-refractivity contribution < 1.29 is 9.84 Å². The quantitative estimate of drug-likeness (QED) is 0.896. The van der Waals surface area contributed by atoms with Gasteiger partial charge in [-0.25, -0.2) is 0 Å². The Morgan fingerprint density at radius 2 is 2.00 bits per heavy atom. The normalized spacial score (nSPS) is 17.6. The van der Waals surface area contributed by atoms with E-state index in [1.54, 1.807) is 0 Å². The highest BCUT2D eigenvalue weighted by Crippen LogP contribution is 2.44. The maximum atomic E-state index is 9.15. The lowest BCUT2D eigenvalue weighted by atomic mass is 9.81. The number of aliphatic hydroxyl groups is 1. The summed E-state index contributed by atoms with van der Waals surface area (Å²) in [7, 11) is 0. The summed E-state index contributed by atoms with van der Waals surface area (Å²) in [6.45, 7) is 14.1. The van der Waals surface area contributed by atoms with Crippen molar-refractivity contribution in [3.05, 3.63) is 34.9 Å². The van der Waals surface area contributed by atoms with Crippen LogP contribution in [0, 0.1) is 5.41 Å². The number of hydrogen-bond acceptors (Lipinski definition) is 2. The van der Waals surface area contributed by atoms with Gasteiger partial charge in [-0.05, 0) is 47.6 Å². The molecule has 0 aliphatic carbocycles. The molecule has 1 heterocycles. The number of aliphatic hydroxyl groups excluding tert-OH is 1. The third-order valence-corrected chi connectivity index (χ3v) is 4.05. The summed E-state index contributed by atoms with van der Waals surface area (Å²) in [5, 5.41) is 9.15. The van der Waals surface area contributed by atoms with E-state index in [0.29, 0.717) is 0 Å². The van der Waals surface area contributed by atoms with Crippen LogP contribution >= 0.6 is 0 Å². The van der Waals surface area contributed by atoms with Crippen molar-refractivity contribution in [3.63, 3.8) is 0 Å². The van der Waals surface area contributed by atoms with Gasteiger partial charge in [-0.2, -0.15) is 0 Å². The molecule has 2 rings (SSSR count). The Kier molecular flexibility index (Phi) is 4.21. The van der Waals surface area contributed by atoms with Crippen molar-refractivity contribution >= 4 is 5.57 Å². The van der Waals surface area contributed by atoms with Gasteiger partial charge < -0.3 is 9.84 Å². The Bertz CT molecular complexity index is 560. The van der Waals surface area contributed by atoms with E-state index >= 15 is 0 Å². The highest BCUT2D eigenvalue weighted by molar-refractivity contribution is 5.68. The molecule has 0 atom stereocenters. The van der Waals surface area contributed by atoms with E-state index in [0.717, 1.165) is 24.4 Å². The fourth-order valence-electron chi connectivity index (χ4n) is 2.88. The van der Waals surface area contributed by atoms with Crippen molar-refractivity contribution in [2.24, 2.45) is 5.41 Å². The standard InChI is InChI=1S/C19H28O2/c1-13(7-8-20)14-9-15(11-18(2,3)4)17-16(10-14)19(5,6)12-21-17/h7,9-10,20H,8,11-12H2,1-6H3/b13-7-. The number of benzene rings is 1. The Morgan fingerprint density at radius 1 is 1.33 bits per heavy atom. The minimum Gasteiger partial charge on any atom is -0.492 e. The summed E-state index contributed by atoms with van der Waals surface area (Å²) < 4.78 is 6.02. The minimum atomic E-state index is 0.0530. The summed E-state index contributed by atoms with van der Waals surface area (Å²) in [6, 6.07) is 4.46. The van der Waals surface area contributed by atoms with E-state index in [-0.39, 0.29) is 17.4 Å². The molecule has 0 spiro atoms. The zero-order chi connectivity index (χ0) is 15.8.